The number of likely N-dealkylation sites (tertiary alicyclic amines) is 1. The van der Waals surface area contributed by atoms with Crippen LogP contribution in [-0.2, 0) is 11.0 Å². The van der Waals surface area contributed by atoms with Gasteiger partial charge in [0.15, 0.2) is 0 Å². The topological polar surface area (TPSA) is 46.3 Å². The van der Waals surface area contributed by atoms with Gasteiger partial charge in [0.05, 0.1) is 12.1 Å². The minimum absolute atomic E-state index is 0.00312. The molecule has 0 saturated carbocycles. The molecule has 0 aromatic heterocycles. The molecule has 104 valence electrons. The van der Waals surface area contributed by atoms with Crippen LogP contribution in [-0.4, -0.2) is 23.9 Å². The van der Waals surface area contributed by atoms with E-state index in [1.54, 1.807) is 11.0 Å². The van der Waals surface area contributed by atoms with Gasteiger partial charge in [-0.1, -0.05) is 18.2 Å². The van der Waals surface area contributed by atoms with Crippen LogP contribution in [0.4, 0.5) is 13.2 Å². The molecule has 0 radical (unpaired) electrons. The molecule has 3 nitrogen and oxygen atoms in total. The minimum atomic E-state index is -4.38. The highest BCUT2D eigenvalue weighted by Crippen LogP contribution is 2.39. The van der Waals surface area contributed by atoms with Crippen LogP contribution in [0.5, 0.6) is 0 Å². The second-order valence-electron chi connectivity index (χ2n) is 4.68. The lowest BCUT2D eigenvalue weighted by Crippen LogP contribution is -2.34. The summed E-state index contributed by atoms with van der Waals surface area (Å²) in [6, 6.07) is 5.14. The maximum absolute atomic E-state index is 13.0. The summed E-state index contributed by atoms with van der Waals surface area (Å²) in [6.45, 7) is 0.594. The number of carbonyl (C=O) groups is 1. The summed E-state index contributed by atoms with van der Waals surface area (Å²) in [4.78, 5) is 12.7. The Morgan fingerprint density at radius 2 is 2.05 bits per heavy atom. The summed E-state index contributed by atoms with van der Waals surface area (Å²) >= 11 is 0. The molecule has 2 rings (SSSR count). The molecule has 1 heterocycles. The average molecular weight is 272 g/mol. The van der Waals surface area contributed by atoms with Gasteiger partial charge in [-0.2, -0.15) is 13.2 Å². The molecule has 1 unspecified atom stereocenters. The Labute approximate surface area is 109 Å². The van der Waals surface area contributed by atoms with Crippen LogP contribution >= 0.6 is 0 Å². The van der Waals surface area contributed by atoms with Crippen molar-refractivity contribution in [2.45, 2.75) is 25.1 Å². The first-order valence-electron chi connectivity index (χ1n) is 6.08. The SMILES string of the molecule is NC(=O)CN1CCCC1c1ccccc1C(F)(F)F. The van der Waals surface area contributed by atoms with Gasteiger partial charge < -0.3 is 5.73 Å². The standard InChI is InChI=1S/C13H15F3N2O/c14-13(15,16)10-5-2-1-4-9(10)11-6-3-7-18(11)8-12(17)19/h1-2,4-5,11H,3,6-8H2,(H2,17,19). The third-order valence-electron chi connectivity index (χ3n) is 3.35. The van der Waals surface area contributed by atoms with Gasteiger partial charge in [-0.25, -0.2) is 0 Å². The summed E-state index contributed by atoms with van der Waals surface area (Å²) in [5.41, 5.74) is 4.74. The van der Waals surface area contributed by atoms with Crippen molar-refractivity contribution in [3.8, 4) is 0 Å². The quantitative estimate of drug-likeness (QED) is 0.918. The van der Waals surface area contributed by atoms with Crippen LogP contribution < -0.4 is 5.73 Å². The number of amides is 1. The molecule has 6 heteroatoms. The number of primary amides is 1. The number of alkyl halides is 3. The lowest BCUT2D eigenvalue weighted by molar-refractivity contribution is -0.138. The lowest BCUT2D eigenvalue weighted by Gasteiger charge is -2.26. The number of nitrogens with zero attached hydrogens (tertiary/aromatic N) is 1. The first-order valence-corrected chi connectivity index (χ1v) is 6.08. The molecule has 1 aliphatic rings. The van der Waals surface area contributed by atoms with E-state index in [2.05, 4.69) is 0 Å². The summed E-state index contributed by atoms with van der Waals surface area (Å²) in [6.07, 6.45) is -3.00. The van der Waals surface area contributed by atoms with Gasteiger partial charge in [-0.3, -0.25) is 9.69 Å². The summed E-state index contributed by atoms with van der Waals surface area (Å²) in [5, 5.41) is 0. The van der Waals surface area contributed by atoms with Gasteiger partial charge in [0, 0.05) is 6.04 Å². The molecular weight excluding hydrogens is 257 g/mol. The van der Waals surface area contributed by atoms with Crippen molar-refractivity contribution < 1.29 is 18.0 Å². The predicted octanol–water partition coefficient (Wildman–Crippen LogP) is 2.33. The Hall–Kier alpha value is -1.56. The summed E-state index contributed by atoms with van der Waals surface area (Å²) < 4.78 is 38.9. The number of halogens is 3. The third kappa shape index (κ3) is 3.07. The molecule has 0 bridgehead atoms. The summed E-state index contributed by atoms with van der Waals surface area (Å²) in [5.74, 6) is -0.517. The smallest absolute Gasteiger partial charge is 0.369 e. The highest BCUT2D eigenvalue weighted by Gasteiger charge is 2.37. The molecule has 1 aliphatic heterocycles. The molecule has 2 N–H and O–H groups in total. The van der Waals surface area contributed by atoms with Crippen molar-refractivity contribution >= 4 is 5.91 Å². The van der Waals surface area contributed by atoms with Crippen molar-refractivity contribution in [2.24, 2.45) is 5.73 Å². The van der Waals surface area contributed by atoms with E-state index in [0.717, 1.165) is 12.5 Å². The first-order chi connectivity index (χ1) is 8.89. The summed E-state index contributed by atoms with van der Waals surface area (Å²) in [7, 11) is 0. The maximum Gasteiger partial charge on any atom is 0.416 e. The third-order valence-corrected chi connectivity index (χ3v) is 3.35. The van der Waals surface area contributed by atoms with Gasteiger partial charge in [0.2, 0.25) is 5.91 Å². The maximum atomic E-state index is 13.0. The number of hydrogen-bond donors (Lipinski definition) is 1. The zero-order valence-corrected chi connectivity index (χ0v) is 10.3. The van der Waals surface area contributed by atoms with E-state index in [0.29, 0.717) is 13.0 Å². The van der Waals surface area contributed by atoms with E-state index in [1.165, 1.54) is 12.1 Å². The van der Waals surface area contributed by atoms with E-state index in [4.69, 9.17) is 5.73 Å². The van der Waals surface area contributed by atoms with Crippen LogP contribution in [0.3, 0.4) is 0 Å². The van der Waals surface area contributed by atoms with Crippen LogP contribution in [0, 0.1) is 0 Å². The van der Waals surface area contributed by atoms with Gasteiger partial charge in [-0.05, 0) is 31.0 Å². The Balaban J connectivity index is 2.33. The predicted molar refractivity (Wildman–Crippen MR) is 64.2 cm³/mol. The average Bonchev–Trinajstić information content (AvgIpc) is 2.75. The molecule has 0 aliphatic carbocycles. The number of rotatable bonds is 3. The van der Waals surface area contributed by atoms with Crippen LogP contribution in [0.15, 0.2) is 24.3 Å². The van der Waals surface area contributed by atoms with Gasteiger partial charge in [0.1, 0.15) is 0 Å². The van der Waals surface area contributed by atoms with Crippen molar-refractivity contribution in [1.29, 1.82) is 0 Å². The molecule has 1 saturated heterocycles. The van der Waals surface area contributed by atoms with Crippen molar-refractivity contribution in [2.75, 3.05) is 13.1 Å². The second kappa shape index (κ2) is 5.21. The van der Waals surface area contributed by atoms with Crippen LogP contribution in [0.2, 0.25) is 0 Å². The number of benzene rings is 1. The van der Waals surface area contributed by atoms with E-state index >= 15 is 0 Å². The minimum Gasteiger partial charge on any atom is -0.369 e. The van der Waals surface area contributed by atoms with E-state index in [9.17, 15) is 18.0 Å². The normalized spacial score (nSPS) is 20.7. The monoisotopic (exact) mass is 272 g/mol. The highest BCUT2D eigenvalue weighted by molar-refractivity contribution is 5.76. The second-order valence-corrected chi connectivity index (χ2v) is 4.68. The van der Waals surface area contributed by atoms with Crippen LogP contribution in [0.1, 0.15) is 30.0 Å². The first kappa shape index (κ1) is 13.9. The van der Waals surface area contributed by atoms with Crippen molar-refractivity contribution in [3.63, 3.8) is 0 Å². The zero-order valence-electron chi connectivity index (χ0n) is 10.3. The number of hydrogen-bond acceptors (Lipinski definition) is 2. The fraction of sp³-hybridized carbons (Fsp3) is 0.462. The Morgan fingerprint density at radius 3 is 2.68 bits per heavy atom. The van der Waals surface area contributed by atoms with Crippen molar-refractivity contribution in [3.05, 3.63) is 35.4 Å². The lowest BCUT2D eigenvalue weighted by atomic mass is 9.98. The van der Waals surface area contributed by atoms with E-state index in [-0.39, 0.29) is 18.2 Å². The van der Waals surface area contributed by atoms with Crippen molar-refractivity contribution in [1.82, 2.24) is 4.90 Å². The zero-order chi connectivity index (χ0) is 14.0. The van der Waals surface area contributed by atoms with E-state index < -0.39 is 17.6 Å². The molecule has 1 aromatic carbocycles. The Kier molecular flexibility index (Phi) is 3.80. The fourth-order valence-corrected chi connectivity index (χ4v) is 2.61. The molecular formula is C13H15F3N2O. The number of carbonyl (C=O) groups excluding carboxylic acids is 1. The molecule has 1 atom stereocenters. The largest absolute Gasteiger partial charge is 0.416 e. The molecule has 1 fully saturated rings. The highest BCUT2D eigenvalue weighted by atomic mass is 19.4. The van der Waals surface area contributed by atoms with Gasteiger partial charge >= 0.3 is 6.18 Å². The van der Waals surface area contributed by atoms with Crippen LogP contribution in [0.25, 0.3) is 0 Å². The van der Waals surface area contributed by atoms with Gasteiger partial charge in [0.25, 0.3) is 0 Å². The molecule has 0 spiro atoms. The fourth-order valence-electron chi connectivity index (χ4n) is 2.61. The molecule has 19 heavy (non-hydrogen) atoms. The van der Waals surface area contributed by atoms with E-state index in [1.807, 2.05) is 0 Å². The molecule has 1 amide bonds. The van der Waals surface area contributed by atoms with Gasteiger partial charge in [-0.15, -0.1) is 0 Å². The Bertz CT molecular complexity index is 473. The molecule has 1 aromatic rings. The Morgan fingerprint density at radius 1 is 1.37 bits per heavy atom. The number of nitrogens with two attached hydrogens (primary N) is 1.